The zero-order chi connectivity index (χ0) is 14.8. The molecule has 1 aromatic carbocycles. The third-order valence-electron chi connectivity index (χ3n) is 4.55. The van der Waals surface area contributed by atoms with Gasteiger partial charge in [0, 0.05) is 22.1 Å². The standard InChI is InChI=1S/C17H26BrNO/c1-4-15(14-11-12(18)5-6-16(14)20)19-13-7-9-17(2,3)10-8-13/h5-6,11,13,15,19-20H,4,7-10H2,1-3H3. The van der Waals surface area contributed by atoms with Gasteiger partial charge in [-0.25, -0.2) is 0 Å². The fraction of sp³-hybridized carbons (Fsp3) is 0.647. The van der Waals surface area contributed by atoms with E-state index in [9.17, 15) is 5.11 Å². The van der Waals surface area contributed by atoms with E-state index >= 15 is 0 Å². The van der Waals surface area contributed by atoms with Crippen molar-refractivity contribution in [3.05, 3.63) is 28.2 Å². The van der Waals surface area contributed by atoms with Crippen LogP contribution in [0.4, 0.5) is 0 Å². The molecule has 0 saturated heterocycles. The van der Waals surface area contributed by atoms with E-state index in [0.717, 1.165) is 16.5 Å². The van der Waals surface area contributed by atoms with Gasteiger partial charge in [-0.3, -0.25) is 0 Å². The van der Waals surface area contributed by atoms with Crippen LogP contribution in [-0.2, 0) is 0 Å². The van der Waals surface area contributed by atoms with E-state index in [0.29, 0.717) is 17.2 Å². The summed E-state index contributed by atoms with van der Waals surface area (Å²) < 4.78 is 1.02. The Morgan fingerprint density at radius 1 is 1.35 bits per heavy atom. The van der Waals surface area contributed by atoms with Crippen LogP contribution >= 0.6 is 15.9 Å². The quantitative estimate of drug-likeness (QED) is 0.793. The zero-order valence-electron chi connectivity index (χ0n) is 12.7. The highest BCUT2D eigenvalue weighted by Gasteiger charge is 2.28. The maximum absolute atomic E-state index is 10.1. The van der Waals surface area contributed by atoms with Gasteiger partial charge in [0.25, 0.3) is 0 Å². The van der Waals surface area contributed by atoms with Gasteiger partial charge in [-0.2, -0.15) is 0 Å². The second-order valence-electron chi connectivity index (χ2n) is 6.77. The number of phenolic OH excluding ortho intramolecular Hbond substituents is 1. The third kappa shape index (κ3) is 3.98. The lowest BCUT2D eigenvalue weighted by Crippen LogP contribution is -2.37. The van der Waals surface area contributed by atoms with Crippen LogP contribution in [0.15, 0.2) is 22.7 Å². The van der Waals surface area contributed by atoms with Gasteiger partial charge in [-0.1, -0.05) is 36.7 Å². The first-order valence-electron chi connectivity index (χ1n) is 7.66. The molecule has 0 radical (unpaired) electrons. The summed E-state index contributed by atoms with van der Waals surface area (Å²) in [7, 11) is 0. The molecule has 1 atom stereocenters. The van der Waals surface area contributed by atoms with E-state index in [1.54, 1.807) is 6.07 Å². The van der Waals surface area contributed by atoms with Crippen molar-refractivity contribution in [2.45, 2.75) is 65.0 Å². The molecule has 0 spiro atoms. The molecule has 2 N–H and O–H groups in total. The third-order valence-corrected chi connectivity index (χ3v) is 5.04. The van der Waals surface area contributed by atoms with Gasteiger partial charge in [0.05, 0.1) is 0 Å². The number of hydrogen-bond donors (Lipinski definition) is 2. The maximum Gasteiger partial charge on any atom is 0.120 e. The Morgan fingerprint density at radius 2 is 2.00 bits per heavy atom. The molecule has 1 aliphatic carbocycles. The molecule has 1 aromatic rings. The minimum Gasteiger partial charge on any atom is -0.508 e. The lowest BCUT2D eigenvalue weighted by molar-refractivity contribution is 0.196. The SMILES string of the molecule is CCC(NC1CCC(C)(C)CC1)c1cc(Br)ccc1O. The molecular weight excluding hydrogens is 314 g/mol. The molecule has 0 heterocycles. The summed E-state index contributed by atoms with van der Waals surface area (Å²) in [5.41, 5.74) is 1.50. The van der Waals surface area contributed by atoms with Gasteiger partial charge >= 0.3 is 0 Å². The number of phenols is 1. The molecule has 3 heteroatoms. The predicted octanol–water partition coefficient (Wildman–Crippen LogP) is 5.16. The van der Waals surface area contributed by atoms with Crippen molar-refractivity contribution < 1.29 is 5.11 Å². The Hall–Kier alpha value is -0.540. The highest BCUT2D eigenvalue weighted by atomic mass is 79.9. The van der Waals surface area contributed by atoms with Crippen molar-refractivity contribution >= 4 is 15.9 Å². The molecule has 1 saturated carbocycles. The van der Waals surface area contributed by atoms with E-state index in [2.05, 4.69) is 42.0 Å². The summed E-state index contributed by atoms with van der Waals surface area (Å²) in [6.45, 7) is 6.89. The van der Waals surface area contributed by atoms with Gasteiger partial charge < -0.3 is 10.4 Å². The predicted molar refractivity (Wildman–Crippen MR) is 88.0 cm³/mol. The maximum atomic E-state index is 10.1. The summed E-state index contributed by atoms with van der Waals surface area (Å²) in [5, 5.41) is 13.8. The normalized spacial score (nSPS) is 20.8. The second-order valence-corrected chi connectivity index (χ2v) is 7.68. The highest BCUT2D eigenvalue weighted by molar-refractivity contribution is 9.10. The summed E-state index contributed by atoms with van der Waals surface area (Å²) in [4.78, 5) is 0. The molecule has 0 bridgehead atoms. The summed E-state index contributed by atoms with van der Waals surface area (Å²) in [6.07, 6.45) is 6.03. The van der Waals surface area contributed by atoms with Gasteiger partial charge in [0.1, 0.15) is 5.75 Å². The van der Waals surface area contributed by atoms with Gasteiger partial charge in [0.15, 0.2) is 0 Å². The van der Waals surface area contributed by atoms with Crippen molar-refractivity contribution in [2.75, 3.05) is 0 Å². The largest absolute Gasteiger partial charge is 0.508 e. The fourth-order valence-electron chi connectivity index (χ4n) is 3.08. The molecular formula is C17H26BrNO. The van der Waals surface area contributed by atoms with E-state index in [1.807, 2.05) is 12.1 Å². The minimum atomic E-state index is 0.235. The zero-order valence-corrected chi connectivity index (χ0v) is 14.3. The smallest absolute Gasteiger partial charge is 0.120 e. The molecule has 1 aliphatic rings. The van der Waals surface area contributed by atoms with Gasteiger partial charge in [-0.15, -0.1) is 0 Å². The molecule has 112 valence electrons. The topological polar surface area (TPSA) is 32.3 Å². The number of halogens is 1. The first-order valence-corrected chi connectivity index (χ1v) is 8.45. The number of benzene rings is 1. The molecule has 1 unspecified atom stereocenters. The van der Waals surface area contributed by atoms with E-state index in [1.165, 1.54) is 25.7 Å². The number of aromatic hydroxyl groups is 1. The van der Waals surface area contributed by atoms with Crippen LogP contribution in [0.3, 0.4) is 0 Å². The van der Waals surface area contributed by atoms with Crippen LogP contribution in [0, 0.1) is 5.41 Å². The molecule has 2 rings (SSSR count). The molecule has 0 aromatic heterocycles. The molecule has 0 aliphatic heterocycles. The van der Waals surface area contributed by atoms with Crippen LogP contribution in [-0.4, -0.2) is 11.1 Å². The summed E-state index contributed by atoms with van der Waals surface area (Å²) in [5.74, 6) is 0.392. The molecule has 20 heavy (non-hydrogen) atoms. The van der Waals surface area contributed by atoms with Crippen molar-refractivity contribution in [1.29, 1.82) is 0 Å². The van der Waals surface area contributed by atoms with Gasteiger partial charge in [-0.05, 0) is 55.7 Å². The lowest BCUT2D eigenvalue weighted by atomic mass is 9.75. The summed E-state index contributed by atoms with van der Waals surface area (Å²) in [6, 6.07) is 6.50. The van der Waals surface area contributed by atoms with Crippen LogP contribution in [0.1, 0.15) is 64.5 Å². The number of rotatable bonds is 4. The van der Waals surface area contributed by atoms with E-state index in [4.69, 9.17) is 0 Å². The van der Waals surface area contributed by atoms with Crippen molar-refractivity contribution in [3.8, 4) is 5.75 Å². The summed E-state index contributed by atoms with van der Waals surface area (Å²) >= 11 is 3.50. The Balaban J connectivity index is 2.04. The first kappa shape index (κ1) is 15.8. The van der Waals surface area contributed by atoms with Crippen LogP contribution in [0.25, 0.3) is 0 Å². The van der Waals surface area contributed by atoms with E-state index < -0.39 is 0 Å². The lowest BCUT2D eigenvalue weighted by Gasteiger charge is -2.36. The average molecular weight is 340 g/mol. The highest BCUT2D eigenvalue weighted by Crippen LogP contribution is 2.37. The molecule has 1 fully saturated rings. The Labute approximate surface area is 131 Å². The van der Waals surface area contributed by atoms with Crippen LogP contribution in [0.2, 0.25) is 0 Å². The minimum absolute atomic E-state index is 0.235. The fourth-order valence-corrected chi connectivity index (χ4v) is 3.46. The number of nitrogens with one attached hydrogen (secondary N) is 1. The Kier molecular flexibility index (Phi) is 5.14. The van der Waals surface area contributed by atoms with Crippen molar-refractivity contribution in [3.63, 3.8) is 0 Å². The monoisotopic (exact) mass is 339 g/mol. The van der Waals surface area contributed by atoms with Crippen LogP contribution in [0.5, 0.6) is 5.75 Å². The van der Waals surface area contributed by atoms with E-state index in [-0.39, 0.29) is 6.04 Å². The first-order chi connectivity index (χ1) is 9.41. The van der Waals surface area contributed by atoms with Crippen LogP contribution < -0.4 is 5.32 Å². The Bertz CT molecular complexity index is 448. The second kappa shape index (κ2) is 6.48. The molecule has 0 amide bonds. The number of hydrogen-bond acceptors (Lipinski definition) is 2. The molecule has 2 nitrogen and oxygen atoms in total. The van der Waals surface area contributed by atoms with Crippen molar-refractivity contribution in [1.82, 2.24) is 5.32 Å². The average Bonchev–Trinajstić information content (AvgIpc) is 2.41. The van der Waals surface area contributed by atoms with Crippen molar-refractivity contribution in [2.24, 2.45) is 5.41 Å². The van der Waals surface area contributed by atoms with Gasteiger partial charge in [0.2, 0.25) is 0 Å². The Morgan fingerprint density at radius 3 is 2.60 bits per heavy atom.